The van der Waals surface area contributed by atoms with Gasteiger partial charge in [0.2, 0.25) is 0 Å². The Hall–Kier alpha value is -0.990. The Balaban J connectivity index is 2.59. The minimum absolute atomic E-state index is 0.441. The number of thioether (sulfide) groups is 1. The largest absolute Gasteiger partial charge is 0.324 e. The second-order valence-electron chi connectivity index (χ2n) is 2.87. The molecule has 2 N–H and O–H groups in total. The number of aromatic nitrogens is 3. The molecule has 1 rings (SSSR count). The molecule has 0 aliphatic rings. The van der Waals surface area contributed by atoms with Crippen molar-refractivity contribution in [2.45, 2.75) is 38.5 Å². The van der Waals surface area contributed by atoms with E-state index in [0.717, 1.165) is 29.7 Å². The van der Waals surface area contributed by atoms with Crippen LogP contribution in [0.15, 0.2) is 5.16 Å². The molecule has 0 unspecified atom stereocenters. The van der Waals surface area contributed by atoms with Gasteiger partial charge in [-0.25, -0.2) is 0 Å². The Labute approximate surface area is 94.6 Å². The molecule has 0 saturated carbocycles. The molecular formula is C10H16N4S. The lowest BCUT2D eigenvalue weighted by Gasteiger charge is -2.04. The second kappa shape index (κ2) is 6.49. The fourth-order valence-electron chi connectivity index (χ4n) is 1.21. The Morgan fingerprint density at radius 3 is 2.87 bits per heavy atom. The fraction of sp³-hybridized carbons (Fsp3) is 0.600. The van der Waals surface area contributed by atoms with Gasteiger partial charge in [0, 0.05) is 18.7 Å². The molecule has 0 atom stereocenters. The first-order chi connectivity index (χ1) is 7.33. The van der Waals surface area contributed by atoms with Gasteiger partial charge in [-0.3, -0.25) is 0 Å². The van der Waals surface area contributed by atoms with Crippen LogP contribution in [0.3, 0.4) is 0 Å². The Bertz CT molecular complexity index is 361. The Kier molecular flexibility index (Phi) is 5.22. The standard InChI is InChI=1S/C10H16N4S/c1-3-5-6-7-15-10-13-12-9(8-11)14(10)4-2/h4,6-8,11H2,1-2H3. The van der Waals surface area contributed by atoms with Crippen LogP contribution >= 0.6 is 11.8 Å². The van der Waals surface area contributed by atoms with Gasteiger partial charge in [-0.1, -0.05) is 11.8 Å². The summed E-state index contributed by atoms with van der Waals surface area (Å²) in [5.41, 5.74) is 5.56. The molecule has 1 aromatic rings. The molecule has 0 aromatic carbocycles. The zero-order chi connectivity index (χ0) is 11.1. The number of nitrogens with zero attached hydrogens (tertiary/aromatic N) is 3. The predicted molar refractivity (Wildman–Crippen MR) is 62.4 cm³/mol. The van der Waals surface area contributed by atoms with Crippen molar-refractivity contribution in [1.29, 1.82) is 0 Å². The summed E-state index contributed by atoms with van der Waals surface area (Å²) in [5.74, 6) is 7.69. The topological polar surface area (TPSA) is 56.7 Å². The summed E-state index contributed by atoms with van der Waals surface area (Å²) < 4.78 is 2.05. The zero-order valence-corrected chi connectivity index (χ0v) is 9.97. The maximum Gasteiger partial charge on any atom is 0.191 e. The van der Waals surface area contributed by atoms with E-state index in [4.69, 9.17) is 5.73 Å². The molecule has 0 bridgehead atoms. The first kappa shape index (κ1) is 12.1. The molecule has 1 heterocycles. The van der Waals surface area contributed by atoms with Gasteiger partial charge in [0.05, 0.1) is 6.54 Å². The Morgan fingerprint density at radius 2 is 2.27 bits per heavy atom. The molecule has 0 aliphatic heterocycles. The summed E-state index contributed by atoms with van der Waals surface area (Å²) in [6.45, 7) is 5.22. The van der Waals surface area contributed by atoms with Crippen LogP contribution in [-0.2, 0) is 13.1 Å². The van der Waals surface area contributed by atoms with Crippen LogP contribution in [0.5, 0.6) is 0 Å². The van der Waals surface area contributed by atoms with E-state index in [9.17, 15) is 0 Å². The molecule has 4 nitrogen and oxygen atoms in total. The zero-order valence-electron chi connectivity index (χ0n) is 9.16. The number of rotatable bonds is 5. The number of hydrogen-bond acceptors (Lipinski definition) is 4. The highest BCUT2D eigenvalue weighted by Crippen LogP contribution is 2.17. The summed E-state index contributed by atoms with van der Waals surface area (Å²) in [6, 6.07) is 0. The van der Waals surface area contributed by atoms with Crippen LogP contribution in [0.4, 0.5) is 0 Å². The third-order valence-corrected chi connectivity index (χ3v) is 2.90. The van der Waals surface area contributed by atoms with Crippen LogP contribution in [-0.4, -0.2) is 20.5 Å². The minimum Gasteiger partial charge on any atom is -0.324 e. The molecule has 82 valence electrons. The van der Waals surface area contributed by atoms with Crippen LogP contribution in [0.25, 0.3) is 0 Å². The smallest absolute Gasteiger partial charge is 0.191 e. The van der Waals surface area contributed by atoms with Crippen LogP contribution in [0.1, 0.15) is 26.1 Å². The molecule has 0 fully saturated rings. The molecular weight excluding hydrogens is 208 g/mol. The first-order valence-corrected chi connectivity index (χ1v) is 5.96. The SMILES string of the molecule is CC#CCCSc1nnc(CN)n1CC. The van der Waals surface area contributed by atoms with Gasteiger partial charge < -0.3 is 10.3 Å². The molecule has 0 spiro atoms. The molecule has 0 aliphatic carbocycles. The molecule has 5 heteroatoms. The normalized spacial score (nSPS) is 9.80. The van der Waals surface area contributed by atoms with Crippen molar-refractivity contribution in [3.63, 3.8) is 0 Å². The van der Waals surface area contributed by atoms with Gasteiger partial charge in [-0.15, -0.1) is 22.0 Å². The summed E-state index contributed by atoms with van der Waals surface area (Å²) in [5, 5.41) is 9.08. The van der Waals surface area contributed by atoms with Crippen LogP contribution in [0, 0.1) is 11.8 Å². The molecule has 0 radical (unpaired) electrons. The fourth-order valence-corrected chi connectivity index (χ4v) is 2.09. The maximum atomic E-state index is 5.56. The molecule has 1 aromatic heterocycles. The van der Waals surface area contributed by atoms with E-state index in [1.165, 1.54) is 0 Å². The average molecular weight is 224 g/mol. The highest BCUT2D eigenvalue weighted by Gasteiger charge is 2.08. The number of hydrogen-bond donors (Lipinski definition) is 1. The molecule has 0 saturated heterocycles. The highest BCUT2D eigenvalue weighted by molar-refractivity contribution is 7.99. The van der Waals surface area contributed by atoms with E-state index in [2.05, 4.69) is 29.0 Å². The maximum absolute atomic E-state index is 5.56. The van der Waals surface area contributed by atoms with E-state index >= 15 is 0 Å². The summed E-state index contributed by atoms with van der Waals surface area (Å²) in [7, 11) is 0. The molecule has 15 heavy (non-hydrogen) atoms. The number of nitrogens with two attached hydrogens (primary N) is 1. The summed E-state index contributed by atoms with van der Waals surface area (Å²) in [6.07, 6.45) is 0.885. The average Bonchev–Trinajstić information content (AvgIpc) is 2.66. The lowest BCUT2D eigenvalue weighted by Crippen LogP contribution is -2.08. The van der Waals surface area contributed by atoms with E-state index in [-0.39, 0.29) is 0 Å². The summed E-state index contributed by atoms with van der Waals surface area (Å²) in [4.78, 5) is 0. The van der Waals surface area contributed by atoms with Crippen LogP contribution in [0.2, 0.25) is 0 Å². The Morgan fingerprint density at radius 1 is 1.47 bits per heavy atom. The van der Waals surface area contributed by atoms with Crippen molar-refractivity contribution in [3.8, 4) is 11.8 Å². The van der Waals surface area contributed by atoms with Gasteiger partial charge in [0.1, 0.15) is 5.82 Å². The van der Waals surface area contributed by atoms with E-state index in [0.29, 0.717) is 6.54 Å². The van der Waals surface area contributed by atoms with Gasteiger partial charge in [0.15, 0.2) is 5.16 Å². The lowest BCUT2D eigenvalue weighted by molar-refractivity contribution is 0.643. The van der Waals surface area contributed by atoms with Crippen molar-refractivity contribution >= 4 is 11.8 Å². The van der Waals surface area contributed by atoms with Gasteiger partial charge in [-0.05, 0) is 13.8 Å². The minimum atomic E-state index is 0.441. The van der Waals surface area contributed by atoms with E-state index in [1.807, 2.05) is 11.5 Å². The van der Waals surface area contributed by atoms with Crippen molar-refractivity contribution in [1.82, 2.24) is 14.8 Å². The van der Waals surface area contributed by atoms with Crippen molar-refractivity contribution in [2.75, 3.05) is 5.75 Å². The van der Waals surface area contributed by atoms with E-state index < -0.39 is 0 Å². The monoisotopic (exact) mass is 224 g/mol. The van der Waals surface area contributed by atoms with Gasteiger partial charge >= 0.3 is 0 Å². The third-order valence-electron chi connectivity index (χ3n) is 1.93. The van der Waals surface area contributed by atoms with Gasteiger partial charge in [-0.2, -0.15) is 0 Å². The predicted octanol–water partition coefficient (Wildman–Crippen LogP) is 1.26. The summed E-state index contributed by atoms with van der Waals surface area (Å²) >= 11 is 1.68. The van der Waals surface area contributed by atoms with Crippen molar-refractivity contribution in [3.05, 3.63) is 5.82 Å². The second-order valence-corrected chi connectivity index (χ2v) is 3.93. The van der Waals surface area contributed by atoms with E-state index in [1.54, 1.807) is 11.8 Å². The highest BCUT2D eigenvalue weighted by atomic mass is 32.2. The lowest BCUT2D eigenvalue weighted by atomic mass is 10.5. The van der Waals surface area contributed by atoms with Crippen molar-refractivity contribution in [2.24, 2.45) is 5.73 Å². The third kappa shape index (κ3) is 3.26. The van der Waals surface area contributed by atoms with Crippen molar-refractivity contribution < 1.29 is 0 Å². The quantitative estimate of drug-likeness (QED) is 0.465. The van der Waals surface area contributed by atoms with Gasteiger partial charge in [0.25, 0.3) is 0 Å². The first-order valence-electron chi connectivity index (χ1n) is 4.98. The molecule has 0 amide bonds. The van der Waals surface area contributed by atoms with Crippen LogP contribution < -0.4 is 5.73 Å².